The Balaban J connectivity index is 1.30. The molecule has 0 spiro atoms. The van der Waals surface area contributed by atoms with Gasteiger partial charge in [-0.2, -0.15) is 0 Å². The van der Waals surface area contributed by atoms with Crippen LogP contribution in [0.2, 0.25) is 0 Å². The molecule has 2 fully saturated rings. The summed E-state index contributed by atoms with van der Waals surface area (Å²) in [6.07, 6.45) is 6.03. The monoisotopic (exact) mass is 408 g/mol. The van der Waals surface area contributed by atoms with Crippen molar-refractivity contribution in [2.24, 2.45) is 0 Å². The average Bonchev–Trinajstić information content (AvgIpc) is 3.15. The van der Waals surface area contributed by atoms with Gasteiger partial charge in [-0.05, 0) is 50.8 Å². The van der Waals surface area contributed by atoms with Gasteiger partial charge in [-0.25, -0.2) is 4.98 Å². The summed E-state index contributed by atoms with van der Waals surface area (Å²) in [5, 5.41) is 25.7. The molecular weight excluding hydrogens is 384 g/mol. The molecule has 6 nitrogen and oxygen atoms in total. The van der Waals surface area contributed by atoms with E-state index in [1.165, 1.54) is 19.3 Å². The maximum absolute atomic E-state index is 10.5. The molecule has 2 atom stereocenters. The Labute approximate surface area is 174 Å². The fraction of sp³-hybridized carbons (Fsp3) is 0.409. The normalized spacial score (nSPS) is 23.7. The standard InChI is InChI=1S/C22H24N4O2S/c1-13-23-20(12-29-13)14-5-6-18(21(27)9-14)19-7-8-22(26-25-19)28-17-10-15-3-2-4-16(11-17)24-15/h5-9,12,15-17,24,27H,2-4,10-11H2,1H3. The smallest absolute Gasteiger partial charge is 0.233 e. The highest BCUT2D eigenvalue weighted by molar-refractivity contribution is 7.09. The second-order valence-corrected chi connectivity index (χ2v) is 9.01. The zero-order valence-electron chi connectivity index (χ0n) is 16.3. The Bertz CT molecular complexity index is 992. The molecule has 2 aromatic heterocycles. The van der Waals surface area contributed by atoms with E-state index in [1.54, 1.807) is 17.4 Å². The van der Waals surface area contributed by atoms with Gasteiger partial charge in [0.2, 0.25) is 5.88 Å². The molecule has 3 aromatic rings. The van der Waals surface area contributed by atoms with Gasteiger partial charge in [-0.1, -0.05) is 12.5 Å². The van der Waals surface area contributed by atoms with E-state index in [-0.39, 0.29) is 11.9 Å². The summed E-state index contributed by atoms with van der Waals surface area (Å²) in [7, 11) is 0. The molecule has 2 unspecified atom stereocenters. The minimum Gasteiger partial charge on any atom is -0.507 e. The Morgan fingerprint density at radius 3 is 2.55 bits per heavy atom. The number of aromatic hydroxyl groups is 1. The summed E-state index contributed by atoms with van der Waals surface area (Å²) in [6.45, 7) is 1.97. The molecule has 2 N–H and O–H groups in total. The van der Waals surface area contributed by atoms with Gasteiger partial charge >= 0.3 is 0 Å². The van der Waals surface area contributed by atoms with Gasteiger partial charge in [0.1, 0.15) is 11.9 Å². The first-order valence-electron chi connectivity index (χ1n) is 10.2. The predicted molar refractivity (Wildman–Crippen MR) is 113 cm³/mol. The molecule has 5 rings (SSSR count). The molecule has 0 aliphatic carbocycles. The van der Waals surface area contributed by atoms with Crippen molar-refractivity contribution in [2.45, 2.75) is 57.2 Å². The topological polar surface area (TPSA) is 80.2 Å². The first kappa shape index (κ1) is 18.5. The molecule has 2 bridgehead atoms. The molecule has 0 radical (unpaired) electrons. The predicted octanol–water partition coefficient (Wildman–Crippen LogP) is 4.33. The van der Waals surface area contributed by atoms with E-state index in [0.717, 1.165) is 29.1 Å². The van der Waals surface area contributed by atoms with Crippen LogP contribution < -0.4 is 10.1 Å². The second-order valence-electron chi connectivity index (χ2n) is 7.94. The number of benzene rings is 1. The lowest BCUT2D eigenvalue weighted by molar-refractivity contribution is 0.0881. The van der Waals surface area contributed by atoms with Crippen LogP contribution in [0.3, 0.4) is 0 Å². The van der Waals surface area contributed by atoms with Crippen molar-refractivity contribution in [1.82, 2.24) is 20.5 Å². The van der Waals surface area contributed by atoms with E-state index >= 15 is 0 Å². The molecule has 4 heterocycles. The third kappa shape index (κ3) is 3.97. The third-order valence-electron chi connectivity index (χ3n) is 5.79. The van der Waals surface area contributed by atoms with Crippen molar-refractivity contribution in [3.05, 3.63) is 40.7 Å². The molecule has 2 aliphatic rings. The number of hydrogen-bond acceptors (Lipinski definition) is 7. The average molecular weight is 409 g/mol. The summed E-state index contributed by atoms with van der Waals surface area (Å²) in [5.41, 5.74) is 3.03. The highest BCUT2D eigenvalue weighted by atomic mass is 32.1. The number of aromatic nitrogens is 3. The van der Waals surface area contributed by atoms with Crippen molar-refractivity contribution in [1.29, 1.82) is 0 Å². The van der Waals surface area contributed by atoms with Crippen LogP contribution >= 0.6 is 11.3 Å². The van der Waals surface area contributed by atoms with Crippen LogP contribution in [-0.2, 0) is 0 Å². The van der Waals surface area contributed by atoms with Crippen molar-refractivity contribution in [3.8, 4) is 34.1 Å². The fourth-order valence-electron chi connectivity index (χ4n) is 4.41. The van der Waals surface area contributed by atoms with Gasteiger partial charge in [-0.15, -0.1) is 21.5 Å². The molecule has 0 saturated carbocycles. The van der Waals surface area contributed by atoms with E-state index in [1.807, 2.05) is 36.6 Å². The lowest BCUT2D eigenvalue weighted by Crippen LogP contribution is -2.51. The van der Waals surface area contributed by atoms with Gasteiger partial charge in [0.25, 0.3) is 0 Å². The quantitative estimate of drug-likeness (QED) is 0.669. The summed E-state index contributed by atoms with van der Waals surface area (Å²) in [5.74, 6) is 0.718. The van der Waals surface area contributed by atoms with Crippen LogP contribution in [0.4, 0.5) is 0 Å². The summed E-state index contributed by atoms with van der Waals surface area (Å²) >= 11 is 1.59. The molecule has 1 aromatic carbocycles. The van der Waals surface area contributed by atoms with Crippen LogP contribution in [0.5, 0.6) is 11.6 Å². The molecule has 2 saturated heterocycles. The van der Waals surface area contributed by atoms with Crippen molar-refractivity contribution in [2.75, 3.05) is 0 Å². The van der Waals surface area contributed by atoms with Gasteiger partial charge in [0, 0.05) is 34.7 Å². The number of nitrogens with zero attached hydrogens (tertiary/aromatic N) is 3. The molecule has 0 amide bonds. The zero-order valence-corrected chi connectivity index (χ0v) is 17.2. The lowest BCUT2D eigenvalue weighted by Gasteiger charge is -2.39. The maximum atomic E-state index is 10.5. The summed E-state index contributed by atoms with van der Waals surface area (Å²) in [6, 6.07) is 10.4. The van der Waals surface area contributed by atoms with Crippen molar-refractivity contribution >= 4 is 11.3 Å². The minimum absolute atomic E-state index is 0.169. The largest absolute Gasteiger partial charge is 0.507 e. The van der Waals surface area contributed by atoms with Crippen LogP contribution in [0.1, 0.15) is 37.1 Å². The number of thiazole rings is 1. The third-order valence-corrected chi connectivity index (χ3v) is 6.56. The van der Waals surface area contributed by atoms with E-state index in [4.69, 9.17) is 4.74 Å². The molecule has 7 heteroatoms. The Hall–Kier alpha value is -2.51. The fourth-order valence-corrected chi connectivity index (χ4v) is 5.03. The molecule has 29 heavy (non-hydrogen) atoms. The highest BCUT2D eigenvalue weighted by Crippen LogP contribution is 2.33. The van der Waals surface area contributed by atoms with E-state index in [2.05, 4.69) is 20.5 Å². The molecule has 150 valence electrons. The van der Waals surface area contributed by atoms with Crippen LogP contribution in [-0.4, -0.2) is 38.5 Å². The number of piperidine rings is 2. The van der Waals surface area contributed by atoms with Crippen LogP contribution in [0.25, 0.3) is 22.5 Å². The van der Waals surface area contributed by atoms with Gasteiger partial charge in [0.15, 0.2) is 0 Å². The lowest BCUT2D eigenvalue weighted by atomic mass is 9.85. The number of ether oxygens (including phenoxy) is 1. The number of fused-ring (bicyclic) bond motifs is 2. The van der Waals surface area contributed by atoms with Crippen LogP contribution in [0, 0.1) is 6.92 Å². The van der Waals surface area contributed by atoms with E-state index in [9.17, 15) is 5.11 Å². The van der Waals surface area contributed by atoms with Crippen molar-refractivity contribution in [3.63, 3.8) is 0 Å². The van der Waals surface area contributed by atoms with Gasteiger partial charge < -0.3 is 15.2 Å². The molecular formula is C22H24N4O2S. The van der Waals surface area contributed by atoms with Gasteiger partial charge in [0.05, 0.1) is 16.4 Å². The van der Waals surface area contributed by atoms with Crippen molar-refractivity contribution < 1.29 is 9.84 Å². The van der Waals surface area contributed by atoms with E-state index in [0.29, 0.717) is 29.2 Å². The minimum atomic E-state index is 0.169. The number of aryl methyl sites for hydroxylation is 1. The highest BCUT2D eigenvalue weighted by Gasteiger charge is 2.32. The maximum Gasteiger partial charge on any atom is 0.233 e. The first-order valence-corrected chi connectivity index (χ1v) is 11.0. The number of rotatable bonds is 4. The number of phenolic OH excluding ortho intramolecular Hbond substituents is 1. The summed E-state index contributed by atoms with van der Waals surface area (Å²) in [4.78, 5) is 4.47. The van der Waals surface area contributed by atoms with Crippen LogP contribution in [0.15, 0.2) is 35.7 Å². The zero-order chi connectivity index (χ0) is 19.8. The SMILES string of the molecule is Cc1nc(-c2ccc(-c3ccc(OC4CC5CCCC(C4)N5)nn3)c(O)c2)cs1. The van der Waals surface area contributed by atoms with E-state index < -0.39 is 0 Å². The summed E-state index contributed by atoms with van der Waals surface area (Å²) < 4.78 is 6.11. The van der Waals surface area contributed by atoms with Gasteiger partial charge in [-0.3, -0.25) is 0 Å². The Kier molecular flexibility index (Phi) is 4.93. The number of nitrogens with one attached hydrogen (secondary N) is 1. The number of hydrogen-bond donors (Lipinski definition) is 2. The Morgan fingerprint density at radius 1 is 1.07 bits per heavy atom. The Morgan fingerprint density at radius 2 is 1.90 bits per heavy atom. The molecule has 2 aliphatic heterocycles. The first-order chi connectivity index (χ1) is 14.1. The second kappa shape index (κ2) is 7.72. The number of phenols is 1.